The van der Waals surface area contributed by atoms with Crippen LogP contribution in [0, 0.1) is 0 Å². The van der Waals surface area contributed by atoms with E-state index in [1.165, 1.54) is 17.5 Å². The number of hydrogen-bond donors (Lipinski definition) is 3. The molecule has 1 saturated carbocycles. The Bertz CT molecular complexity index is 421. The second-order valence-corrected chi connectivity index (χ2v) is 5.71. The molecule has 1 aromatic rings. The maximum absolute atomic E-state index is 9.74. The Morgan fingerprint density at radius 1 is 1.11 bits per heavy atom. The molecule has 0 heterocycles. The molecular weight excluding hydrogens is 224 g/mol. The molecule has 0 amide bonds. The van der Waals surface area contributed by atoms with Crippen LogP contribution in [0.5, 0.6) is 0 Å². The molecule has 1 fully saturated rings. The molecule has 3 nitrogen and oxygen atoms in total. The summed E-state index contributed by atoms with van der Waals surface area (Å²) in [6.07, 6.45) is 4.99. The normalized spacial score (nSPS) is 35.4. The zero-order valence-electron chi connectivity index (χ0n) is 10.7. The van der Waals surface area contributed by atoms with Gasteiger partial charge in [-0.15, -0.1) is 0 Å². The van der Waals surface area contributed by atoms with Gasteiger partial charge in [-0.2, -0.15) is 0 Å². The number of fused-ring (bicyclic) bond motifs is 1. The molecule has 1 aromatic carbocycles. The van der Waals surface area contributed by atoms with Crippen LogP contribution in [0.3, 0.4) is 0 Å². The number of aliphatic hydroxyl groups excluding tert-OH is 1. The summed E-state index contributed by atoms with van der Waals surface area (Å²) in [5.41, 5.74) is 8.82. The van der Waals surface area contributed by atoms with E-state index in [-0.39, 0.29) is 12.1 Å². The van der Waals surface area contributed by atoms with E-state index < -0.39 is 0 Å². The van der Waals surface area contributed by atoms with E-state index >= 15 is 0 Å². The highest BCUT2D eigenvalue weighted by Crippen LogP contribution is 2.38. The second-order valence-electron chi connectivity index (χ2n) is 5.71. The van der Waals surface area contributed by atoms with Crippen molar-refractivity contribution in [2.45, 2.75) is 56.3 Å². The van der Waals surface area contributed by atoms with Crippen LogP contribution in [0.2, 0.25) is 0 Å². The molecule has 98 valence electrons. The van der Waals surface area contributed by atoms with Gasteiger partial charge in [0.1, 0.15) is 0 Å². The van der Waals surface area contributed by atoms with Crippen LogP contribution in [0.15, 0.2) is 24.3 Å². The lowest BCUT2D eigenvalue weighted by atomic mass is 9.92. The SMILES string of the molecule is NC1CC(NC2CCCC(O)C2)c2ccccc21. The molecule has 0 aliphatic heterocycles. The Kier molecular flexibility index (Phi) is 3.37. The monoisotopic (exact) mass is 246 g/mol. The fraction of sp³-hybridized carbons (Fsp3) is 0.600. The summed E-state index contributed by atoms with van der Waals surface area (Å²) in [6.45, 7) is 0. The van der Waals surface area contributed by atoms with Crippen LogP contribution in [0.1, 0.15) is 55.3 Å². The average molecular weight is 246 g/mol. The summed E-state index contributed by atoms with van der Waals surface area (Å²) in [6, 6.07) is 9.43. The van der Waals surface area contributed by atoms with Crippen molar-refractivity contribution in [3.63, 3.8) is 0 Å². The smallest absolute Gasteiger partial charge is 0.0555 e. The Hall–Kier alpha value is -0.900. The molecule has 0 bridgehead atoms. The van der Waals surface area contributed by atoms with E-state index in [1.807, 2.05) is 0 Å². The third-order valence-electron chi connectivity index (χ3n) is 4.34. The first-order chi connectivity index (χ1) is 8.74. The third kappa shape index (κ3) is 2.30. The van der Waals surface area contributed by atoms with Crippen molar-refractivity contribution in [1.82, 2.24) is 5.32 Å². The van der Waals surface area contributed by atoms with E-state index in [4.69, 9.17) is 5.73 Å². The molecule has 0 aromatic heterocycles. The summed E-state index contributed by atoms with van der Waals surface area (Å²) in [4.78, 5) is 0. The molecule has 4 atom stereocenters. The molecule has 0 radical (unpaired) electrons. The van der Waals surface area contributed by atoms with Crippen LogP contribution < -0.4 is 11.1 Å². The predicted octanol–water partition coefficient (Wildman–Crippen LogP) is 2.02. The molecule has 4 N–H and O–H groups in total. The summed E-state index contributed by atoms with van der Waals surface area (Å²) in [5.74, 6) is 0. The van der Waals surface area contributed by atoms with Gasteiger partial charge in [-0.25, -0.2) is 0 Å². The standard InChI is InChI=1S/C15H22N2O/c16-14-9-15(13-7-2-1-6-12(13)14)17-10-4-3-5-11(18)8-10/h1-2,6-7,10-11,14-15,17-18H,3-5,8-9,16H2. The molecule has 2 aliphatic rings. The minimum absolute atomic E-state index is 0.124. The molecule has 18 heavy (non-hydrogen) atoms. The van der Waals surface area contributed by atoms with Gasteiger partial charge < -0.3 is 16.2 Å². The number of benzene rings is 1. The summed E-state index contributed by atoms with van der Waals surface area (Å²) < 4.78 is 0. The van der Waals surface area contributed by atoms with Gasteiger partial charge in [0.25, 0.3) is 0 Å². The van der Waals surface area contributed by atoms with Crippen LogP contribution in [-0.4, -0.2) is 17.3 Å². The minimum atomic E-state index is -0.124. The molecule has 3 rings (SSSR count). The van der Waals surface area contributed by atoms with E-state index in [0.717, 1.165) is 25.7 Å². The maximum atomic E-state index is 9.74. The van der Waals surface area contributed by atoms with Gasteiger partial charge in [-0.1, -0.05) is 24.3 Å². The highest BCUT2D eigenvalue weighted by atomic mass is 16.3. The zero-order valence-corrected chi connectivity index (χ0v) is 10.7. The first-order valence-electron chi connectivity index (χ1n) is 7.02. The lowest BCUT2D eigenvalue weighted by Gasteiger charge is -2.29. The average Bonchev–Trinajstić information content (AvgIpc) is 2.67. The zero-order chi connectivity index (χ0) is 12.5. The summed E-state index contributed by atoms with van der Waals surface area (Å²) in [5, 5.41) is 13.4. The maximum Gasteiger partial charge on any atom is 0.0555 e. The number of nitrogens with one attached hydrogen (secondary N) is 1. The number of hydrogen-bond acceptors (Lipinski definition) is 3. The van der Waals surface area contributed by atoms with Gasteiger partial charge in [-0.3, -0.25) is 0 Å². The first kappa shape index (κ1) is 12.2. The van der Waals surface area contributed by atoms with E-state index in [2.05, 4.69) is 29.6 Å². The lowest BCUT2D eigenvalue weighted by Crippen LogP contribution is -2.37. The van der Waals surface area contributed by atoms with Gasteiger partial charge in [0.05, 0.1) is 6.10 Å². The van der Waals surface area contributed by atoms with Crippen LogP contribution in [-0.2, 0) is 0 Å². The van der Waals surface area contributed by atoms with E-state index in [1.54, 1.807) is 0 Å². The van der Waals surface area contributed by atoms with Gasteiger partial charge in [-0.05, 0) is 43.2 Å². The highest BCUT2D eigenvalue weighted by molar-refractivity contribution is 5.37. The molecule has 2 aliphatic carbocycles. The fourth-order valence-electron chi connectivity index (χ4n) is 3.43. The van der Waals surface area contributed by atoms with Crippen LogP contribution >= 0.6 is 0 Å². The second kappa shape index (κ2) is 5.00. The summed E-state index contributed by atoms with van der Waals surface area (Å²) >= 11 is 0. The Morgan fingerprint density at radius 2 is 1.89 bits per heavy atom. The van der Waals surface area contributed by atoms with E-state index in [9.17, 15) is 5.11 Å². The predicted molar refractivity (Wildman–Crippen MR) is 72.1 cm³/mol. The van der Waals surface area contributed by atoms with Crippen molar-refractivity contribution in [1.29, 1.82) is 0 Å². The molecule has 3 heteroatoms. The van der Waals surface area contributed by atoms with Crippen LogP contribution in [0.4, 0.5) is 0 Å². The van der Waals surface area contributed by atoms with Crippen molar-refractivity contribution in [2.75, 3.05) is 0 Å². The van der Waals surface area contributed by atoms with Crippen molar-refractivity contribution in [3.05, 3.63) is 35.4 Å². The molecule has 0 spiro atoms. The van der Waals surface area contributed by atoms with Crippen LogP contribution in [0.25, 0.3) is 0 Å². The highest BCUT2D eigenvalue weighted by Gasteiger charge is 2.30. The summed E-state index contributed by atoms with van der Waals surface area (Å²) in [7, 11) is 0. The quantitative estimate of drug-likeness (QED) is 0.748. The van der Waals surface area contributed by atoms with Crippen molar-refractivity contribution < 1.29 is 5.11 Å². The molecule has 0 saturated heterocycles. The van der Waals surface area contributed by atoms with Gasteiger partial charge >= 0.3 is 0 Å². The molecule has 4 unspecified atom stereocenters. The Labute approximate surface area is 108 Å². The molecular formula is C15H22N2O. The Balaban J connectivity index is 1.71. The van der Waals surface area contributed by atoms with Crippen molar-refractivity contribution >= 4 is 0 Å². The third-order valence-corrected chi connectivity index (χ3v) is 4.34. The Morgan fingerprint density at radius 3 is 2.67 bits per heavy atom. The lowest BCUT2D eigenvalue weighted by molar-refractivity contribution is 0.108. The fourth-order valence-corrected chi connectivity index (χ4v) is 3.43. The van der Waals surface area contributed by atoms with Crippen molar-refractivity contribution in [2.24, 2.45) is 5.73 Å². The van der Waals surface area contributed by atoms with E-state index in [0.29, 0.717) is 12.1 Å². The largest absolute Gasteiger partial charge is 0.393 e. The number of rotatable bonds is 2. The number of nitrogens with two attached hydrogens (primary N) is 1. The van der Waals surface area contributed by atoms with Crippen molar-refractivity contribution in [3.8, 4) is 0 Å². The van der Waals surface area contributed by atoms with Gasteiger partial charge in [0, 0.05) is 18.1 Å². The number of aliphatic hydroxyl groups is 1. The van der Waals surface area contributed by atoms with Gasteiger partial charge in [0.2, 0.25) is 0 Å². The minimum Gasteiger partial charge on any atom is -0.393 e. The first-order valence-corrected chi connectivity index (χ1v) is 7.02. The van der Waals surface area contributed by atoms with Gasteiger partial charge in [0.15, 0.2) is 0 Å². The topological polar surface area (TPSA) is 58.3 Å².